The van der Waals surface area contributed by atoms with Gasteiger partial charge in [0.2, 0.25) is 20.0 Å². The smallest absolute Gasteiger partial charge is 0.255 e. The van der Waals surface area contributed by atoms with Gasteiger partial charge in [-0.25, -0.2) is 21.6 Å². The van der Waals surface area contributed by atoms with Gasteiger partial charge in [-0.2, -0.15) is 4.31 Å². The molecule has 0 aliphatic heterocycles. The van der Waals surface area contributed by atoms with Crippen LogP contribution < -0.4 is 14.8 Å². The summed E-state index contributed by atoms with van der Waals surface area (Å²) < 4.78 is 60.1. The summed E-state index contributed by atoms with van der Waals surface area (Å²) in [5.41, 5.74) is 0.981. The van der Waals surface area contributed by atoms with Gasteiger partial charge in [-0.15, -0.1) is 0 Å². The Bertz CT molecular complexity index is 1210. The topological polar surface area (TPSA) is 122 Å². The van der Waals surface area contributed by atoms with Crippen LogP contribution in [0.4, 0.5) is 5.69 Å². The zero-order valence-corrected chi connectivity index (χ0v) is 21.1. The van der Waals surface area contributed by atoms with E-state index < -0.39 is 26.0 Å². The van der Waals surface area contributed by atoms with Crippen molar-refractivity contribution in [2.45, 2.75) is 44.4 Å². The summed E-state index contributed by atoms with van der Waals surface area (Å²) in [6.45, 7) is 9.64. The summed E-state index contributed by atoms with van der Waals surface area (Å²) in [4.78, 5) is 12.9. The van der Waals surface area contributed by atoms with Crippen molar-refractivity contribution in [3.8, 4) is 5.75 Å². The first-order valence-corrected chi connectivity index (χ1v) is 13.6. The summed E-state index contributed by atoms with van der Waals surface area (Å²) in [6, 6.07) is 8.66. The van der Waals surface area contributed by atoms with Crippen LogP contribution in [0, 0.1) is 6.92 Å². The van der Waals surface area contributed by atoms with Crippen molar-refractivity contribution in [1.82, 2.24) is 9.03 Å². The van der Waals surface area contributed by atoms with Crippen molar-refractivity contribution < 1.29 is 26.4 Å². The molecule has 0 saturated carbocycles. The summed E-state index contributed by atoms with van der Waals surface area (Å²) in [5, 5.41) is 2.67. The SMILES string of the molecule is CCNS(=O)(=O)c1ccc(C)c(C(=O)Nc2ccc(OCC)c(S(=O)(=O)N(CC)CC)c2)c1. The minimum Gasteiger partial charge on any atom is -0.492 e. The quantitative estimate of drug-likeness (QED) is 0.492. The molecule has 182 valence electrons. The highest BCUT2D eigenvalue weighted by Gasteiger charge is 2.26. The second kappa shape index (κ2) is 11.1. The maximum absolute atomic E-state index is 13.1. The van der Waals surface area contributed by atoms with E-state index in [1.807, 2.05) is 0 Å². The summed E-state index contributed by atoms with van der Waals surface area (Å²) in [5.74, 6) is -0.367. The fraction of sp³-hybridized carbons (Fsp3) is 0.409. The first-order chi connectivity index (χ1) is 15.5. The molecular formula is C22H31N3O6S2. The minimum absolute atomic E-state index is 0.0309. The molecule has 0 bridgehead atoms. The maximum Gasteiger partial charge on any atom is 0.255 e. The minimum atomic E-state index is -3.85. The van der Waals surface area contributed by atoms with E-state index in [1.54, 1.807) is 46.8 Å². The van der Waals surface area contributed by atoms with E-state index >= 15 is 0 Å². The van der Waals surface area contributed by atoms with E-state index in [1.165, 1.54) is 28.6 Å². The summed E-state index contributed by atoms with van der Waals surface area (Å²) in [7, 11) is -7.59. The van der Waals surface area contributed by atoms with Crippen molar-refractivity contribution in [3.63, 3.8) is 0 Å². The Kier molecular flexibility index (Phi) is 9.01. The molecule has 1 amide bonds. The lowest BCUT2D eigenvalue weighted by Crippen LogP contribution is -2.31. The van der Waals surface area contributed by atoms with Gasteiger partial charge in [0, 0.05) is 30.9 Å². The first-order valence-electron chi connectivity index (χ1n) is 10.7. The van der Waals surface area contributed by atoms with Crippen molar-refractivity contribution in [2.75, 3.05) is 31.6 Å². The highest BCUT2D eigenvalue weighted by atomic mass is 32.2. The third kappa shape index (κ3) is 6.11. The summed E-state index contributed by atoms with van der Waals surface area (Å²) >= 11 is 0. The Morgan fingerprint density at radius 3 is 2.21 bits per heavy atom. The van der Waals surface area contributed by atoms with E-state index in [-0.39, 0.29) is 53.0 Å². The number of hydrogen-bond donors (Lipinski definition) is 2. The average Bonchev–Trinajstić information content (AvgIpc) is 2.75. The predicted molar refractivity (Wildman–Crippen MR) is 128 cm³/mol. The molecule has 0 fully saturated rings. The molecular weight excluding hydrogens is 466 g/mol. The van der Waals surface area contributed by atoms with Crippen LogP contribution in [-0.4, -0.2) is 53.3 Å². The van der Waals surface area contributed by atoms with E-state index in [2.05, 4.69) is 10.0 Å². The molecule has 0 aromatic heterocycles. The molecule has 0 heterocycles. The van der Waals surface area contributed by atoms with E-state index in [0.29, 0.717) is 5.56 Å². The number of anilines is 1. The van der Waals surface area contributed by atoms with Crippen LogP contribution in [0.5, 0.6) is 5.75 Å². The van der Waals surface area contributed by atoms with Crippen molar-refractivity contribution in [1.29, 1.82) is 0 Å². The lowest BCUT2D eigenvalue weighted by Gasteiger charge is -2.21. The Labute approximate surface area is 196 Å². The Balaban J connectivity index is 2.47. The normalized spacial score (nSPS) is 12.1. The zero-order valence-electron chi connectivity index (χ0n) is 19.5. The molecule has 0 radical (unpaired) electrons. The number of rotatable bonds is 11. The van der Waals surface area contributed by atoms with E-state index in [0.717, 1.165) is 0 Å². The number of hydrogen-bond acceptors (Lipinski definition) is 6. The van der Waals surface area contributed by atoms with E-state index in [4.69, 9.17) is 4.74 Å². The molecule has 2 rings (SSSR count). The Morgan fingerprint density at radius 1 is 0.970 bits per heavy atom. The second-order valence-electron chi connectivity index (χ2n) is 7.12. The zero-order chi connectivity index (χ0) is 24.8. The van der Waals surface area contributed by atoms with Gasteiger partial charge < -0.3 is 10.1 Å². The van der Waals surface area contributed by atoms with Gasteiger partial charge >= 0.3 is 0 Å². The maximum atomic E-state index is 13.1. The van der Waals surface area contributed by atoms with Crippen LogP contribution >= 0.6 is 0 Å². The van der Waals surface area contributed by atoms with Crippen LogP contribution in [0.3, 0.4) is 0 Å². The molecule has 0 spiro atoms. The standard InChI is InChI=1S/C22H31N3O6S2/c1-6-23-32(27,28)18-12-10-16(5)19(15-18)22(26)24-17-11-13-20(31-9-4)21(14-17)33(29,30)25(7-2)8-3/h10-15,23H,6-9H2,1-5H3,(H,24,26). The fourth-order valence-corrected chi connectivity index (χ4v) is 5.93. The molecule has 2 aromatic rings. The molecule has 2 N–H and O–H groups in total. The van der Waals surface area contributed by atoms with Gasteiger partial charge in [-0.05, 0) is 49.7 Å². The fourth-order valence-electron chi connectivity index (χ4n) is 3.25. The number of benzene rings is 2. The average molecular weight is 498 g/mol. The van der Waals surface area contributed by atoms with Crippen LogP contribution in [-0.2, 0) is 20.0 Å². The second-order valence-corrected chi connectivity index (χ2v) is 10.8. The molecule has 0 unspecified atom stereocenters. The number of ether oxygens (including phenoxy) is 1. The number of nitrogens with one attached hydrogen (secondary N) is 2. The lowest BCUT2D eigenvalue weighted by molar-refractivity contribution is 0.102. The molecule has 0 aliphatic rings. The van der Waals surface area contributed by atoms with E-state index in [9.17, 15) is 21.6 Å². The van der Waals surface area contributed by atoms with Crippen LogP contribution in [0.25, 0.3) is 0 Å². The van der Waals surface area contributed by atoms with Crippen molar-refractivity contribution in [2.24, 2.45) is 0 Å². The van der Waals surface area contributed by atoms with Gasteiger partial charge in [-0.1, -0.05) is 26.8 Å². The lowest BCUT2D eigenvalue weighted by atomic mass is 10.1. The third-order valence-corrected chi connectivity index (χ3v) is 8.54. The highest BCUT2D eigenvalue weighted by molar-refractivity contribution is 7.89. The number of carbonyl (C=O) groups excluding carboxylic acids is 1. The van der Waals surface area contributed by atoms with Gasteiger partial charge in [0.15, 0.2) is 0 Å². The molecule has 33 heavy (non-hydrogen) atoms. The summed E-state index contributed by atoms with van der Waals surface area (Å²) in [6.07, 6.45) is 0. The van der Waals surface area contributed by atoms with Crippen molar-refractivity contribution in [3.05, 3.63) is 47.5 Å². The number of sulfonamides is 2. The molecule has 2 aromatic carbocycles. The highest BCUT2D eigenvalue weighted by Crippen LogP contribution is 2.30. The van der Waals surface area contributed by atoms with Gasteiger partial charge in [0.05, 0.1) is 11.5 Å². The number of amides is 1. The van der Waals surface area contributed by atoms with Crippen LogP contribution in [0.2, 0.25) is 0 Å². The number of aryl methyl sites for hydroxylation is 1. The Hall–Kier alpha value is -2.47. The van der Waals surface area contributed by atoms with Crippen molar-refractivity contribution >= 4 is 31.6 Å². The van der Waals surface area contributed by atoms with Gasteiger partial charge in [0.25, 0.3) is 5.91 Å². The van der Waals surface area contributed by atoms with Gasteiger partial charge in [0.1, 0.15) is 10.6 Å². The number of carbonyl (C=O) groups is 1. The third-order valence-electron chi connectivity index (χ3n) is 4.92. The largest absolute Gasteiger partial charge is 0.492 e. The first kappa shape index (κ1) is 26.8. The monoisotopic (exact) mass is 497 g/mol. The molecule has 0 atom stereocenters. The molecule has 0 saturated heterocycles. The van der Waals surface area contributed by atoms with Gasteiger partial charge in [-0.3, -0.25) is 4.79 Å². The van der Waals surface area contributed by atoms with Crippen LogP contribution in [0.15, 0.2) is 46.2 Å². The predicted octanol–water partition coefficient (Wildman–Crippen LogP) is 2.97. The molecule has 11 heteroatoms. The van der Waals surface area contributed by atoms with Crippen LogP contribution in [0.1, 0.15) is 43.6 Å². The molecule has 9 nitrogen and oxygen atoms in total. The number of nitrogens with zero attached hydrogens (tertiary/aromatic N) is 1. The Morgan fingerprint density at radius 2 is 1.64 bits per heavy atom. The molecule has 0 aliphatic carbocycles.